The van der Waals surface area contributed by atoms with E-state index in [9.17, 15) is 9.59 Å². The number of carbonyl (C=O) groups excluding carboxylic acids is 2. The van der Waals surface area contributed by atoms with Gasteiger partial charge in [0.25, 0.3) is 0 Å². The first kappa shape index (κ1) is 18.8. The number of nitrogens with zero attached hydrogens (tertiary/aromatic N) is 2. The maximum absolute atomic E-state index is 12.1. The van der Waals surface area contributed by atoms with Gasteiger partial charge in [-0.2, -0.15) is 0 Å². The van der Waals surface area contributed by atoms with Crippen LogP contribution < -0.4 is 5.32 Å². The fourth-order valence-electron chi connectivity index (χ4n) is 3.05. The quantitative estimate of drug-likeness (QED) is 0.808. The summed E-state index contributed by atoms with van der Waals surface area (Å²) in [5, 5.41) is 4.03. The molecule has 2 heterocycles. The summed E-state index contributed by atoms with van der Waals surface area (Å²) in [4.78, 5) is 26.0. The molecule has 7 heteroatoms. The molecule has 1 fully saturated rings. The number of rotatable bonds is 7. The lowest BCUT2D eigenvalue weighted by atomic mass is 10.2. The van der Waals surface area contributed by atoms with E-state index in [1.807, 2.05) is 18.2 Å². The lowest BCUT2D eigenvalue weighted by Crippen LogP contribution is -2.41. The van der Waals surface area contributed by atoms with Crippen molar-refractivity contribution in [1.29, 1.82) is 0 Å². The van der Waals surface area contributed by atoms with E-state index in [1.165, 1.54) is 17.3 Å². The van der Waals surface area contributed by atoms with Crippen molar-refractivity contribution in [3.05, 3.63) is 30.5 Å². The van der Waals surface area contributed by atoms with Crippen molar-refractivity contribution in [3.8, 4) is 0 Å². The van der Waals surface area contributed by atoms with Crippen LogP contribution >= 0.6 is 11.8 Å². The standard InChI is InChI=1S/C19H25N3O3S/c1-2-6-21-7-5-15-12-16(3-4-17(15)21)20-18(23)13-26-14-19(24)22-8-10-25-11-9-22/h3-5,7,12H,2,6,8-11,13-14H2,1H3,(H,20,23). The molecule has 1 aromatic heterocycles. The summed E-state index contributed by atoms with van der Waals surface area (Å²) >= 11 is 1.35. The number of morpholine rings is 1. The molecule has 0 spiro atoms. The molecule has 1 saturated heterocycles. The van der Waals surface area contributed by atoms with Crippen LogP contribution in [-0.4, -0.2) is 59.1 Å². The Labute approximate surface area is 157 Å². The first-order valence-corrected chi connectivity index (χ1v) is 10.1. The van der Waals surface area contributed by atoms with E-state index in [2.05, 4.69) is 29.1 Å². The Morgan fingerprint density at radius 1 is 1.19 bits per heavy atom. The minimum atomic E-state index is -0.0860. The van der Waals surface area contributed by atoms with Crippen molar-refractivity contribution in [3.63, 3.8) is 0 Å². The summed E-state index contributed by atoms with van der Waals surface area (Å²) in [5.74, 6) is 0.582. The van der Waals surface area contributed by atoms with Gasteiger partial charge in [0, 0.05) is 42.4 Å². The minimum absolute atomic E-state index is 0.0739. The second kappa shape index (κ2) is 9.09. The zero-order valence-corrected chi connectivity index (χ0v) is 15.9. The minimum Gasteiger partial charge on any atom is -0.378 e. The lowest BCUT2D eigenvalue weighted by Gasteiger charge is -2.26. The number of fused-ring (bicyclic) bond motifs is 1. The Bertz CT molecular complexity index is 768. The van der Waals surface area contributed by atoms with Crippen LogP contribution in [-0.2, 0) is 20.9 Å². The number of nitrogens with one attached hydrogen (secondary N) is 1. The van der Waals surface area contributed by atoms with Gasteiger partial charge in [0.15, 0.2) is 0 Å². The molecule has 26 heavy (non-hydrogen) atoms. The van der Waals surface area contributed by atoms with Gasteiger partial charge in [0.1, 0.15) is 0 Å². The SMILES string of the molecule is CCCn1ccc2cc(NC(=O)CSCC(=O)N3CCOCC3)ccc21. The van der Waals surface area contributed by atoms with Crippen LogP contribution in [0, 0.1) is 0 Å². The van der Waals surface area contributed by atoms with Gasteiger partial charge in [-0.25, -0.2) is 0 Å². The highest BCUT2D eigenvalue weighted by Crippen LogP contribution is 2.21. The van der Waals surface area contributed by atoms with Crippen molar-refractivity contribution < 1.29 is 14.3 Å². The smallest absolute Gasteiger partial charge is 0.234 e. The van der Waals surface area contributed by atoms with Crippen LogP contribution in [0.15, 0.2) is 30.5 Å². The number of anilines is 1. The van der Waals surface area contributed by atoms with Gasteiger partial charge in [-0.3, -0.25) is 9.59 Å². The van der Waals surface area contributed by atoms with Crippen LogP contribution in [0.25, 0.3) is 10.9 Å². The van der Waals surface area contributed by atoms with Gasteiger partial charge in [-0.05, 0) is 30.7 Å². The number of aromatic nitrogens is 1. The summed E-state index contributed by atoms with van der Waals surface area (Å²) < 4.78 is 7.45. The maximum atomic E-state index is 12.1. The molecule has 0 bridgehead atoms. The van der Waals surface area contributed by atoms with Crippen LogP contribution in [0.5, 0.6) is 0 Å². The largest absolute Gasteiger partial charge is 0.378 e. The lowest BCUT2D eigenvalue weighted by molar-refractivity contribution is -0.132. The third-order valence-electron chi connectivity index (χ3n) is 4.34. The Balaban J connectivity index is 1.47. The molecular weight excluding hydrogens is 350 g/mol. The monoisotopic (exact) mass is 375 g/mol. The van der Waals surface area contributed by atoms with E-state index in [0.29, 0.717) is 32.1 Å². The molecule has 1 aliphatic heterocycles. The van der Waals surface area contributed by atoms with Crippen LogP contribution in [0.1, 0.15) is 13.3 Å². The topological polar surface area (TPSA) is 63.6 Å². The number of aryl methyl sites for hydroxylation is 1. The zero-order valence-electron chi connectivity index (χ0n) is 15.1. The van der Waals surface area contributed by atoms with Crippen LogP contribution in [0.4, 0.5) is 5.69 Å². The molecular formula is C19H25N3O3S. The van der Waals surface area contributed by atoms with Gasteiger partial charge >= 0.3 is 0 Å². The third kappa shape index (κ3) is 4.80. The summed E-state index contributed by atoms with van der Waals surface area (Å²) in [5.41, 5.74) is 1.96. The van der Waals surface area contributed by atoms with E-state index >= 15 is 0 Å². The van der Waals surface area contributed by atoms with E-state index in [1.54, 1.807) is 4.90 Å². The first-order valence-electron chi connectivity index (χ1n) is 8.99. The fraction of sp³-hybridized carbons (Fsp3) is 0.474. The fourth-order valence-corrected chi connectivity index (χ4v) is 3.76. The predicted octanol–water partition coefficient (Wildman–Crippen LogP) is 2.58. The summed E-state index contributed by atoms with van der Waals surface area (Å²) in [6.45, 7) is 5.62. The second-order valence-corrected chi connectivity index (χ2v) is 7.30. The van der Waals surface area contributed by atoms with Gasteiger partial charge in [-0.1, -0.05) is 6.92 Å². The molecule has 2 aromatic rings. The molecule has 0 saturated carbocycles. The highest BCUT2D eigenvalue weighted by molar-refractivity contribution is 8.00. The Morgan fingerprint density at radius 3 is 2.77 bits per heavy atom. The number of ether oxygens (including phenoxy) is 1. The number of benzene rings is 1. The van der Waals surface area contributed by atoms with Crippen molar-refractivity contribution >= 4 is 40.2 Å². The summed E-state index contributed by atoms with van der Waals surface area (Å²) in [6, 6.07) is 8.02. The van der Waals surface area contributed by atoms with Gasteiger partial charge in [0.05, 0.1) is 24.7 Å². The molecule has 0 unspecified atom stereocenters. The highest BCUT2D eigenvalue weighted by Gasteiger charge is 2.17. The first-order chi connectivity index (χ1) is 12.7. The average Bonchev–Trinajstić information content (AvgIpc) is 3.05. The Morgan fingerprint density at radius 2 is 2.00 bits per heavy atom. The summed E-state index contributed by atoms with van der Waals surface area (Å²) in [6.07, 6.45) is 3.16. The molecule has 140 valence electrons. The van der Waals surface area contributed by atoms with Crippen LogP contribution in [0.2, 0.25) is 0 Å². The molecule has 1 aliphatic rings. The van der Waals surface area contributed by atoms with Crippen molar-refractivity contribution in [2.24, 2.45) is 0 Å². The van der Waals surface area contributed by atoms with E-state index in [-0.39, 0.29) is 17.6 Å². The molecule has 1 aromatic carbocycles. The third-order valence-corrected chi connectivity index (χ3v) is 5.26. The van der Waals surface area contributed by atoms with E-state index in [4.69, 9.17) is 4.74 Å². The van der Waals surface area contributed by atoms with Crippen molar-refractivity contribution in [2.75, 3.05) is 43.1 Å². The Kier molecular flexibility index (Phi) is 6.57. The number of carbonyl (C=O) groups is 2. The van der Waals surface area contributed by atoms with Crippen LogP contribution in [0.3, 0.4) is 0 Å². The number of hydrogen-bond acceptors (Lipinski definition) is 4. The van der Waals surface area contributed by atoms with Crippen molar-refractivity contribution in [2.45, 2.75) is 19.9 Å². The van der Waals surface area contributed by atoms with Gasteiger partial charge in [0.2, 0.25) is 11.8 Å². The number of hydrogen-bond donors (Lipinski definition) is 1. The molecule has 2 amide bonds. The number of thioether (sulfide) groups is 1. The van der Waals surface area contributed by atoms with Crippen molar-refractivity contribution in [1.82, 2.24) is 9.47 Å². The predicted molar refractivity (Wildman–Crippen MR) is 106 cm³/mol. The normalized spacial score (nSPS) is 14.6. The molecule has 0 aliphatic carbocycles. The zero-order chi connectivity index (χ0) is 18.4. The summed E-state index contributed by atoms with van der Waals surface area (Å²) in [7, 11) is 0. The van der Waals surface area contributed by atoms with E-state index < -0.39 is 0 Å². The average molecular weight is 375 g/mol. The Hall–Kier alpha value is -1.99. The maximum Gasteiger partial charge on any atom is 0.234 e. The molecule has 0 atom stereocenters. The highest BCUT2D eigenvalue weighted by atomic mass is 32.2. The van der Waals surface area contributed by atoms with Gasteiger partial charge < -0.3 is 19.5 Å². The molecule has 6 nitrogen and oxygen atoms in total. The molecule has 1 N–H and O–H groups in total. The molecule has 0 radical (unpaired) electrons. The second-order valence-electron chi connectivity index (χ2n) is 6.32. The molecule has 3 rings (SSSR count). The van der Waals surface area contributed by atoms with Gasteiger partial charge in [-0.15, -0.1) is 11.8 Å². The van der Waals surface area contributed by atoms with E-state index in [0.717, 1.165) is 24.0 Å². The number of amides is 2.